The Hall–Kier alpha value is -4.40. The van der Waals surface area contributed by atoms with E-state index in [9.17, 15) is 9.59 Å². The zero-order chi connectivity index (χ0) is 26.8. The van der Waals surface area contributed by atoms with Crippen molar-refractivity contribution in [2.75, 3.05) is 6.54 Å². The number of nitrogens with zero attached hydrogens (tertiary/aromatic N) is 2. The van der Waals surface area contributed by atoms with Crippen molar-refractivity contribution in [3.8, 4) is 21.1 Å². The highest BCUT2D eigenvalue weighted by Gasteiger charge is 2.18. The van der Waals surface area contributed by atoms with Gasteiger partial charge in [-0.25, -0.2) is 9.97 Å². The van der Waals surface area contributed by atoms with Crippen LogP contribution in [0.4, 0.5) is 0 Å². The normalized spacial score (nSPS) is 11.9. The maximum Gasteiger partial charge on any atom is 0.252 e. The number of carbonyl (C=O) groups is 2. The van der Waals surface area contributed by atoms with Crippen LogP contribution in [0.5, 0.6) is 0 Å². The molecular weight excluding hydrogens is 525 g/mol. The van der Waals surface area contributed by atoms with Gasteiger partial charge in [0.1, 0.15) is 0 Å². The van der Waals surface area contributed by atoms with Crippen molar-refractivity contribution in [1.82, 2.24) is 20.6 Å². The summed E-state index contributed by atoms with van der Waals surface area (Å²) in [4.78, 5) is 38.2. The molecule has 0 saturated heterocycles. The molecule has 0 radical (unpaired) electrons. The summed E-state index contributed by atoms with van der Waals surface area (Å²) in [7, 11) is 0. The number of thiophene rings is 2. The van der Waals surface area contributed by atoms with Crippen LogP contribution in [-0.2, 0) is 0 Å². The lowest BCUT2D eigenvalue weighted by atomic mass is 10.1. The number of aromatic nitrogens is 2. The molecular formula is C31H24N4O2S2. The lowest BCUT2D eigenvalue weighted by molar-refractivity contribution is 0.0914. The van der Waals surface area contributed by atoms with Gasteiger partial charge in [-0.2, -0.15) is 0 Å². The Bertz CT molecular complexity index is 1800. The van der Waals surface area contributed by atoms with E-state index in [1.807, 2.05) is 103 Å². The Morgan fingerprint density at radius 1 is 0.718 bits per heavy atom. The highest BCUT2D eigenvalue weighted by Crippen LogP contribution is 2.29. The quantitative estimate of drug-likeness (QED) is 0.230. The zero-order valence-electron chi connectivity index (χ0n) is 21.0. The molecule has 6 rings (SSSR count). The Morgan fingerprint density at radius 3 is 1.74 bits per heavy atom. The fourth-order valence-corrected chi connectivity index (χ4v) is 5.89. The first-order valence-corrected chi connectivity index (χ1v) is 14.3. The van der Waals surface area contributed by atoms with Gasteiger partial charge in [-0.1, -0.05) is 48.5 Å². The minimum Gasteiger partial charge on any atom is -0.350 e. The summed E-state index contributed by atoms with van der Waals surface area (Å²) in [6.07, 6.45) is 0. The predicted molar refractivity (Wildman–Crippen MR) is 159 cm³/mol. The number of nitrogens with one attached hydrogen (secondary N) is 2. The highest BCUT2D eigenvalue weighted by atomic mass is 32.1. The Labute approximate surface area is 233 Å². The lowest BCUT2D eigenvalue weighted by Gasteiger charge is -2.17. The maximum atomic E-state index is 13.4. The number of pyridine rings is 2. The van der Waals surface area contributed by atoms with Crippen LogP contribution >= 0.6 is 22.7 Å². The monoisotopic (exact) mass is 548 g/mol. The molecule has 192 valence electrons. The molecule has 4 heterocycles. The highest BCUT2D eigenvalue weighted by molar-refractivity contribution is 7.13. The van der Waals surface area contributed by atoms with Crippen LogP contribution in [0, 0.1) is 0 Å². The third-order valence-electron chi connectivity index (χ3n) is 6.42. The van der Waals surface area contributed by atoms with Crippen molar-refractivity contribution in [3.63, 3.8) is 0 Å². The van der Waals surface area contributed by atoms with Gasteiger partial charge in [0, 0.05) is 23.4 Å². The first-order valence-electron chi connectivity index (χ1n) is 12.5. The molecule has 0 aliphatic carbocycles. The lowest BCUT2D eigenvalue weighted by Crippen LogP contribution is -2.42. The molecule has 0 saturated carbocycles. The summed E-state index contributed by atoms with van der Waals surface area (Å²) >= 11 is 3.17. The first kappa shape index (κ1) is 24.9. The van der Waals surface area contributed by atoms with Gasteiger partial charge < -0.3 is 10.6 Å². The number of para-hydroxylation sites is 2. The summed E-state index contributed by atoms with van der Waals surface area (Å²) in [6.45, 7) is 2.15. The van der Waals surface area contributed by atoms with Crippen LogP contribution in [0.2, 0.25) is 0 Å². The average molecular weight is 549 g/mol. The summed E-state index contributed by atoms with van der Waals surface area (Å²) < 4.78 is 0. The minimum absolute atomic E-state index is 0.206. The first-order chi connectivity index (χ1) is 19.1. The molecule has 6 aromatic rings. The molecule has 0 bridgehead atoms. The van der Waals surface area contributed by atoms with E-state index in [0.29, 0.717) is 11.1 Å². The van der Waals surface area contributed by atoms with Gasteiger partial charge >= 0.3 is 0 Å². The summed E-state index contributed by atoms with van der Waals surface area (Å²) in [6, 6.07) is 26.6. The van der Waals surface area contributed by atoms with Crippen molar-refractivity contribution >= 4 is 56.3 Å². The van der Waals surface area contributed by atoms with E-state index in [-0.39, 0.29) is 24.4 Å². The van der Waals surface area contributed by atoms with Crippen molar-refractivity contribution in [2.45, 2.75) is 13.0 Å². The molecule has 0 fully saturated rings. The molecule has 0 aliphatic heterocycles. The summed E-state index contributed by atoms with van der Waals surface area (Å²) in [5.74, 6) is -0.413. The Morgan fingerprint density at radius 2 is 1.23 bits per heavy atom. The molecule has 2 aromatic carbocycles. The van der Waals surface area contributed by atoms with Crippen LogP contribution in [0.25, 0.3) is 42.9 Å². The van der Waals surface area contributed by atoms with E-state index >= 15 is 0 Å². The summed E-state index contributed by atoms with van der Waals surface area (Å²) in [5, 5.41) is 11.6. The van der Waals surface area contributed by atoms with Crippen LogP contribution < -0.4 is 10.6 Å². The number of rotatable bonds is 7. The van der Waals surface area contributed by atoms with Crippen molar-refractivity contribution in [2.24, 2.45) is 0 Å². The number of benzene rings is 2. The van der Waals surface area contributed by atoms with Crippen LogP contribution in [0.3, 0.4) is 0 Å². The van der Waals surface area contributed by atoms with E-state index in [1.54, 1.807) is 22.7 Å². The molecule has 1 atom stereocenters. The molecule has 6 nitrogen and oxygen atoms in total. The van der Waals surface area contributed by atoms with Crippen molar-refractivity contribution < 1.29 is 9.59 Å². The van der Waals surface area contributed by atoms with Crippen molar-refractivity contribution in [3.05, 3.63) is 107 Å². The fourth-order valence-electron chi connectivity index (χ4n) is 4.52. The van der Waals surface area contributed by atoms with E-state index < -0.39 is 0 Å². The second-order valence-corrected chi connectivity index (χ2v) is 11.1. The summed E-state index contributed by atoms with van der Waals surface area (Å²) in [5.41, 5.74) is 4.18. The van der Waals surface area contributed by atoms with Gasteiger partial charge in [0.25, 0.3) is 11.8 Å². The number of hydrogen-bond acceptors (Lipinski definition) is 6. The molecule has 8 heteroatoms. The predicted octanol–water partition coefficient (Wildman–Crippen LogP) is 6.79. The number of amides is 2. The van der Waals surface area contributed by atoms with Gasteiger partial charge in [0.05, 0.1) is 43.3 Å². The minimum atomic E-state index is -0.302. The van der Waals surface area contributed by atoms with Crippen LogP contribution in [0.15, 0.2) is 95.7 Å². The van der Waals surface area contributed by atoms with E-state index in [4.69, 9.17) is 9.97 Å². The molecule has 39 heavy (non-hydrogen) atoms. The van der Waals surface area contributed by atoms with Crippen molar-refractivity contribution in [1.29, 1.82) is 0 Å². The van der Waals surface area contributed by atoms with Gasteiger partial charge in [-0.05, 0) is 54.1 Å². The molecule has 4 aromatic heterocycles. The second-order valence-electron chi connectivity index (χ2n) is 9.18. The third kappa shape index (κ3) is 5.16. The largest absolute Gasteiger partial charge is 0.350 e. The molecule has 0 unspecified atom stereocenters. The SMILES string of the molecule is C[C@@H](CNC(=O)c1cc(-c2cccs2)nc2ccccc12)NC(=O)c1cc(-c2cccs2)nc2ccccc12. The van der Waals surface area contributed by atoms with E-state index in [0.717, 1.165) is 42.9 Å². The third-order valence-corrected chi connectivity index (χ3v) is 8.20. The molecule has 0 spiro atoms. The number of fused-ring (bicyclic) bond motifs is 2. The average Bonchev–Trinajstić information content (AvgIpc) is 3.70. The number of hydrogen-bond donors (Lipinski definition) is 2. The topological polar surface area (TPSA) is 84.0 Å². The molecule has 2 N–H and O–H groups in total. The van der Waals surface area contributed by atoms with Gasteiger partial charge in [0.2, 0.25) is 0 Å². The maximum absolute atomic E-state index is 13.4. The smallest absolute Gasteiger partial charge is 0.252 e. The Balaban J connectivity index is 1.21. The van der Waals surface area contributed by atoms with Crippen LogP contribution in [0.1, 0.15) is 27.6 Å². The van der Waals surface area contributed by atoms with E-state index in [1.165, 1.54) is 0 Å². The molecule has 2 amide bonds. The zero-order valence-corrected chi connectivity index (χ0v) is 22.7. The second kappa shape index (κ2) is 10.8. The standard InChI is InChI=1S/C31H24N4O2S2/c1-19(33-31(37)23-17-27(29-13-7-15-39-29)35-25-11-5-3-9-21(23)25)18-32-30(36)22-16-26(28-12-6-14-38-28)34-24-10-4-2-8-20(22)24/h2-17,19H,18H2,1H3,(H,32,36)(H,33,37)/t19-/m0/s1. The number of carbonyl (C=O) groups excluding carboxylic acids is 2. The molecule has 0 aliphatic rings. The Kier molecular flexibility index (Phi) is 6.87. The van der Waals surface area contributed by atoms with Gasteiger partial charge in [-0.15, -0.1) is 22.7 Å². The van der Waals surface area contributed by atoms with Gasteiger partial charge in [-0.3, -0.25) is 9.59 Å². The fraction of sp³-hybridized carbons (Fsp3) is 0.0968. The van der Waals surface area contributed by atoms with Gasteiger partial charge in [0.15, 0.2) is 0 Å². The van der Waals surface area contributed by atoms with E-state index in [2.05, 4.69) is 10.6 Å². The van der Waals surface area contributed by atoms with Crippen LogP contribution in [-0.4, -0.2) is 34.4 Å².